The molecule has 0 heterocycles. The van der Waals surface area contributed by atoms with E-state index >= 15 is 0 Å². The zero-order valence-corrected chi connectivity index (χ0v) is 19.5. The number of para-hydroxylation sites is 1. The van der Waals surface area contributed by atoms with Crippen molar-refractivity contribution in [3.8, 4) is 5.75 Å². The second-order valence-corrected chi connectivity index (χ2v) is 9.64. The average Bonchev–Trinajstić information content (AvgIpc) is 2.75. The van der Waals surface area contributed by atoms with Crippen molar-refractivity contribution < 1.29 is 17.9 Å². The van der Waals surface area contributed by atoms with Gasteiger partial charge in [-0.1, -0.05) is 38.1 Å². The van der Waals surface area contributed by atoms with Crippen LogP contribution in [0.15, 0.2) is 71.6 Å². The van der Waals surface area contributed by atoms with Crippen LogP contribution < -0.4 is 14.8 Å². The van der Waals surface area contributed by atoms with Crippen LogP contribution in [0.25, 0.3) is 0 Å². The molecule has 168 valence electrons. The first-order chi connectivity index (χ1) is 15.2. The summed E-state index contributed by atoms with van der Waals surface area (Å²) < 4.78 is 33.6. The van der Waals surface area contributed by atoms with Crippen molar-refractivity contribution in [2.75, 3.05) is 16.6 Å². The van der Waals surface area contributed by atoms with Crippen molar-refractivity contribution in [1.29, 1.82) is 0 Å². The summed E-state index contributed by atoms with van der Waals surface area (Å²) in [6.45, 7) is 7.88. The van der Waals surface area contributed by atoms with Gasteiger partial charge in [-0.15, -0.1) is 0 Å². The number of nitrogens with one attached hydrogen (secondary N) is 2. The molecule has 0 spiro atoms. The van der Waals surface area contributed by atoms with E-state index in [-0.39, 0.29) is 23.3 Å². The van der Waals surface area contributed by atoms with Gasteiger partial charge >= 0.3 is 0 Å². The molecule has 0 atom stereocenters. The van der Waals surface area contributed by atoms with Gasteiger partial charge in [0, 0.05) is 11.4 Å². The molecule has 0 aliphatic carbocycles. The number of aryl methyl sites for hydroxylation is 2. The predicted molar refractivity (Wildman–Crippen MR) is 128 cm³/mol. The number of sulfonamides is 1. The Morgan fingerprint density at radius 3 is 2.22 bits per heavy atom. The molecular weight excluding hydrogens is 424 g/mol. The van der Waals surface area contributed by atoms with Crippen molar-refractivity contribution in [2.45, 2.75) is 38.5 Å². The van der Waals surface area contributed by atoms with E-state index in [1.165, 1.54) is 12.1 Å². The third kappa shape index (κ3) is 5.88. The maximum absolute atomic E-state index is 12.7. The summed E-state index contributed by atoms with van der Waals surface area (Å²) in [5.74, 6) is 0.630. The maximum atomic E-state index is 12.7. The monoisotopic (exact) mass is 452 g/mol. The number of hydrogen-bond acceptors (Lipinski definition) is 4. The molecule has 32 heavy (non-hydrogen) atoms. The Bertz CT molecular complexity index is 1200. The van der Waals surface area contributed by atoms with E-state index in [9.17, 15) is 13.2 Å². The molecule has 3 rings (SSSR count). The van der Waals surface area contributed by atoms with Crippen LogP contribution in [0.5, 0.6) is 5.75 Å². The fourth-order valence-electron chi connectivity index (χ4n) is 3.17. The van der Waals surface area contributed by atoms with Crippen molar-refractivity contribution in [1.82, 2.24) is 0 Å². The Kier molecular flexibility index (Phi) is 7.20. The molecule has 0 radical (unpaired) electrons. The fourth-order valence-corrected chi connectivity index (χ4v) is 4.22. The molecule has 0 bridgehead atoms. The summed E-state index contributed by atoms with van der Waals surface area (Å²) in [6.07, 6.45) is 0. The smallest absolute Gasteiger partial charge is 0.262 e. The van der Waals surface area contributed by atoms with E-state index in [1.807, 2.05) is 44.2 Å². The fraction of sp³-hybridized carbons (Fsp3) is 0.240. The second-order valence-electron chi connectivity index (χ2n) is 7.96. The van der Waals surface area contributed by atoms with Crippen LogP contribution >= 0.6 is 0 Å². The third-order valence-electron chi connectivity index (χ3n) is 5.11. The van der Waals surface area contributed by atoms with Gasteiger partial charge in [0.1, 0.15) is 5.75 Å². The maximum Gasteiger partial charge on any atom is 0.262 e. The quantitative estimate of drug-likeness (QED) is 0.489. The molecule has 2 N–H and O–H groups in total. The summed E-state index contributed by atoms with van der Waals surface area (Å²) in [4.78, 5) is 12.4. The van der Waals surface area contributed by atoms with Crippen molar-refractivity contribution in [3.05, 3.63) is 83.4 Å². The normalized spacial score (nSPS) is 11.3. The standard InChI is InChI=1S/C25H28N2O4S/c1-17(2)23-7-5-6-8-24(23)31-16-25(28)26-20-11-13-22(14-12-20)32(29,30)27-21-10-9-18(3)19(4)15-21/h5-15,17,27H,16H2,1-4H3,(H,26,28). The lowest BCUT2D eigenvalue weighted by molar-refractivity contribution is -0.118. The van der Waals surface area contributed by atoms with Crippen LogP contribution in [0.3, 0.4) is 0 Å². The van der Waals surface area contributed by atoms with E-state index in [2.05, 4.69) is 23.9 Å². The first-order valence-electron chi connectivity index (χ1n) is 10.4. The SMILES string of the molecule is Cc1ccc(NS(=O)(=O)c2ccc(NC(=O)COc3ccccc3C(C)C)cc2)cc1C. The van der Waals surface area contributed by atoms with Gasteiger partial charge in [0.05, 0.1) is 4.90 Å². The lowest BCUT2D eigenvalue weighted by Gasteiger charge is -2.14. The Balaban J connectivity index is 1.61. The minimum Gasteiger partial charge on any atom is -0.483 e. The Morgan fingerprint density at radius 2 is 1.56 bits per heavy atom. The molecular formula is C25H28N2O4S. The molecule has 6 nitrogen and oxygen atoms in total. The number of benzene rings is 3. The molecule has 0 saturated carbocycles. The lowest BCUT2D eigenvalue weighted by Crippen LogP contribution is -2.20. The van der Waals surface area contributed by atoms with Gasteiger partial charge in [-0.05, 0) is 78.9 Å². The zero-order valence-electron chi connectivity index (χ0n) is 18.7. The zero-order chi connectivity index (χ0) is 23.3. The molecule has 7 heteroatoms. The highest BCUT2D eigenvalue weighted by atomic mass is 32.2. The average molecular weight is 453 g/mol. The topological polar surface area (TPSA) is 84.5 Å². The second kappa shape index (κ2) is 9.87. The number of carbonyl (C=O) groups excluding carboxylic acids is 1. The van der Waals surface area contributed by atoms with Crippen LogP contribution in [-0.4, -0.2) is 20.9 Å². The number of amides is 1. The van der Waals surface area contributed by atoms with E-state index in [1.54, 1.807) is 24.3 Å². The van der Waals surface area contributed by atoms with Crippen LogP contribution in [0.1, 0.15) is 36.5 Å². The largest absolute Gasteiger partial charge is 0.483 e. The molecule has 3 aromatic carbocycles. The first kappa shape index (κ1) is 23.3. The van der Waals surface area contributed by atoms with Crippen molar-refractivity contribution in [2.24, 2.45) is 0 Å². The molecule has 0 fully saturated rings. The van der Waals surface area contributed by atoms with Gasteiger partial charge in [-0.25, -0.2) is 8.42 Å². The summed E-state index contributed by atoms with van der Waals surface area (Å²) in [6, 6.07) is 19.0. The predicted octanol–water partition coefficient (Wildman–Crippen LogP) is 5.25. The highest BCUT2D eigenvalue weighted by molar-refractivity contribution is 7.92. The van der Waals surface area contributed by atoms with Gasteiger partial charge in [0.15, 0.2) is 6.61 Å². The molecule has 0 aliphatic heterocycles. The number of ether oxygens (including phenoxy) is 1. The third-order valence-corrected chi connectivity index (χ3v) is 6.50. The van der Waals surface area contributed by atoms with Crippen molar-refractivity contribution >= 4 is 27.3 Å². The minimum absolute atomic E-state index is 0.107. The molecule has 0 saturated heterocycles. The molecule has 0 aromatic heterocycles. The number of rotatable bonds is 8. The summed E-state index contributed by atoms with van der Waals surface area (Å²) in [5, 5.41) is 2.72. The molecule has 3 aromatic rings. The Labute approximate surface area is 189 Å². The number of carbonyl (C=O) groups is 1. The van der Waals surface area contributed by atoms with Crippen LogP contribution in [-0.2, 0) is 14.8 Å². The molecule has 0 unspecified atom stereocenters. The molecule has 1 amide bonds. The highest BCUT2D eigenvalue weighted by Gasteiger charge is 2.15. The lowest BCUT2D eigenvalue weighted by atomic mass is 10.0. The summed E-state index contributed by atoms with van der Waals surface area (Å²) in [7, 11) is -3.73. The van der Waals surface area contributed by atoms with Crippen molar-refractivity contribution in [3.63, 3.8) is 0 Å². The Hall–Kier alpha value is -3.32. The van der Waals surface area contributed by atoms with Gasteiger partial charge < -0.3 is 10.1 Å². The molecule has 0 aliphatic rings. The van der Waals surface area contributed by atoms with Gasteiger partial charge in [-0.3, -0.25) is 9.52 Å². The van der Waals surface area contributed by atoms with Crippen LogP contribution in [0.4, 0.5) is 11.4 Å². The Morgan fingerprint density at radius 1 is 0.906 bits per heavy atom. The number of anilines is 2. The summed E-state index contributed by atoms with van der Waals surface area (Å²) in [5.41, 5.74) is 4.11. The van der Waals surface area contributed by atoms with E-state index in [4.69, 9.17) is 4.74 Å². The van der Waals surface area contributed by atoms with E-state index in [0.717, 1.165) is 16.7 Å². The summed E-state index contributed by atoms with van der Waals surface area (Å²) >= 11 is 0. The van der Waals surface area contributed by atoms with Crippen LogP contribution in [0.2, 0.25) is 0 Å². The minimum atomic E-state index is -3.73. The van der Waals surface area contributed by atoms with Crippen LogP contribution in [0, 0.1) is 13.8 Å². The van der Waals surface area contributed by atoms with Gasteiger partial charge in [-0.2, -0.15) is 0 Å². The van der Waals surface area contributed by atoms with E-state index in [0.29, 0.717) is 17.1 Å². The van der Waals surface area contributed by atoms with Gasteiger partial charge in [0.25, 0.3) is 15.9 Å². The van der Waals surface area contributed by atoms with Gasteiger partial charge in [0.2, 0.25) is 0 Å². The highest BCUT2D eigenvalue weighted by Crippen LogP contribution is 2.26. The first-order valence-corrected chi connectivity index (χ1v) is 11.9. The number of hydrogen-bond donors (Lipinski definition) is 2. The van der Waals surface area contributed by atoms with E-state index < -0.39 is 10.0 Å².